The van der Waals surface area contributed by atoms with Gasteiger partial charge in [-0.15, -0.1) is 0 Å². The SMILES string of the molecule is CC(C)C(C(O)C(O)[C@@H](C)O)[C@@H](O)CO. The van der Waals surface area contributed by atoms with Crippen LogP contribution < -0.4 is 0 Å². The molecular weight excluding hydrogens is 200 g/mol. The zero-order valence-electron chi connectivity index (χ0n) is 9.41. The van der Waals surface area contributed by atoms with Crippen LogP contribution >= 0.6 is 0 Å². The zero-order chi connectivity index (χ0) is 12.2. The van der Waals surface area contributed by atoms with Crippen molar-refractivity contribution in [2.24, 2.45) is 11.8 Å². The molecule has 5 N–H and O–H groups in total. The average molecular weight is 222 g/mol. The van der Waals surface area contributed by atoms with E-state index < -0.39 is 36.9 Å². The van der Waals surface area contributed by atoms with E-state index in [4.69, 9.17) is 10.2 Å². The van der Waals surface area contributed by atoms with Crippen molar-refractivity contribution in [2.75, 3.05) is 6.61 Å². The van der Waals surface area contributed by atoms with E-state index >= 15 is 0 Å². The molecule has 0 aromatic carbocycles. The van der Waals surface area contributed by atoms with Crippen LogP contribution in [0.15, 0.2) is 0 Å². The fourth-order valence-corrected chi connectivity index (χ4v) is 1.70. The Morgan fingerprint density at radius 1 is 0.867 bits per heavy atom. The summed E-state index contributed by atoms with van der Waals surface area (Å²) in [7, 11) is 0. The first-order chi connectivity index (χ1) is 6.82. The van der Waals surface area contributed by atoms with Crippen LogP contribution in [0.2, 0.25) is 0 Å². The van der Waals surface area contributed by atoms with Gasteiger partial charge in [0.15, 0.2) is 0 Å². The predicted octanol–water partition coefficient (Wildman–Crippen LogP) is -1.29. The molecule has 0 fully saturated rings. The van der Waals surface area contributed by atoms with E-state index in [1.54, 1.807) is 13.8 Å². The van der Waals surface area contributed by atoms with Gasteiger partial charge < -0.3 is 25.5 Å². The van der Waals surface area contributed by atoms with Gasteiger partial charge in [0.25, 0.3) is 0 Å². The van der Waals surface area contributed by atoms with Gasteiger partial charge in [-0.05, 0) is 12.8 Å². The fourth-order valence-electron chi connectivity index (χ4n) is 1.70. The van der Waals surface area contributed by atoms with E-state index in [1.165, 1.54) is 6.92 Å². The lowest BCUT2D eigenvalue weighted by molar-refractivity contribution is -0.115. The minimum atomic E-state index is -1.32. The maximum absolute atomic E-state index is 9.74. The summed E-state index contributed by atoms with van der Waals surface area (Å²) < 4.78 is 0. The summed E-state index contributed by atoms with van der Waals surface area (Å²) in [5.74, 6) is -0.782. The molecule has 5 nitrogen and oxygen atoms in total. The molecule has 0 saturated carbocycles. The molecule has 0 saturated heterocycles. The standard InChI is InChI=1S/C10H22O5/c1-5(2)8(7(13)4-11)10(15)9(14)6(3)12/h5-15H,4H2,1-3H3/t6-,7+,8?,9?,10?/m1/s1. The summed E-state index contributed by atoms with van der Waals surface area (Å²) >= 11 is 0. The van der Waals surface area contributed by atoms with Crippen molar-refractivity contribution < 1.29 is 25.5 Å². The van der Waals surface area contributed by atoms with Crippen LogP contribution in [0, 0.1) is 11.8 Å². The molecule has 5 atom stereocenters. The highest BCUT2D eigenvalue weighted by atomic mass is 16.4. The van der Waals surface area contributed by atoms with Crippen LogP contribution in [0.1, 0.15) is 20.8 Å². The molecule has 15 heavy (non-hydrogen) atoms. The van der Waals surface area contributed by atoms with Gasteiger partial charge >= 0.3 is 0 Å². The molecule has 0 rings (SSSR count). The van der Waals surface area contributed by atoms with Gasteiger partial charge in [0.2, 0.25) is 0 Å². The van der Waals surface area contributed by atoms with Gasteiger partial charge in [-0.2, -0.15) is 0 Å². The lowest BCUT2D eigenvalue weighted by atomic mass is 9.82. The van der Waals surface area contributed by atoms with Crippen LogP contribution in [0.5, 0.6) is 0 Å². The number of hydrogen-bond acceptors (Lipinski definition) is 5. The summed E-state index contributed by atoms with van der Waals surface area (Å²) in [5, 5.41) is 46.6. The molecule has 92 valence electrons. The normalized spacial score (nSPS) is 22.2. The smallest absolute Gasteiger partial charge is 0.106 e. The Labute approximate surface area is 90.0 Å². The molecule has 5 heteroatoms. The largest absolute Gasteiger partial charge is 0.394 e. The third kappa shape index (κ3) is 4.04. The highest BCUT2D eigenvalue weighted by molar-refractivity contribution is 4.85. The van der Waals surface area contributed by atoms with Crippen LogP contribution in [0.3, 0.4) is 0 Å². The molecule has 0 aromatic heterocycles. The Hall–Kier alpha value is -0.200. The summed E-state index contributed by atoms with van der Waals surface area (Å²) in [6, 6.07) is 0. The van der Waals surface area contributed by atoms with E-state index in [2.05, 4.69) is 0 Å². The molecule has 0 aliphatic heterocycles. The van der Waals surface area contributed by atoms with E-state index in [9.17, 15) is 15.3 Å². The van der Waals surface area contributed by atoms with Crippen molar-refractivity contribution in [1.29, 1.82) is 0 Å². The van der Waals surface area contributed by atoms with E-state index in [0.717, 1.165) is 0 Å². The van der Waals surface area contributed by atoms with E-state index in [1.807, 2.05) is 0 Å². The molecule has 3 unspecified atom stereocenters. The minimum Gasteiger partial charge on any atom is -0.394 e. The molecule has 0 radical (unpaired) electrons. The Kier molecular flexibility index (Phi) is 6.31. The topological polar surface area (TPSA) is 101 Å². The van der Waals surface area contributed by atoms with Gasteiger partial charge in [0.05, 0.1) is 24.9 Å². The first-order valence-electron chi connectivity index (χ1n) is 5.16. The second-order valence-electron chi connectivity index (χ2n) is 4.29. The van der Waals surface area contributed by atoms with Gasteiger partial charge in [0, 0.05) is 5.92 Å². The van der Waals surface area contributed by atoms with Gasteiger partial charge in [-0.25, -0.2) is 0 Å². The Morgan fingerprint density at radius 2 is 1.33 bits per heavy atom. The van der Waals surface area contributed by atoms with Gasteiger partial charge in [-0.3, -0.25) is 0 Å². The minimum absolute atomic E-state index is 0.115. The highest BCUT2D eigenvalue weighted by Gasteiger charge is 2.35. The van der Waals surface area contributed by atoms with Crippen molar-refractivity contribution in [3.8, 4) is 0 Å². The van der Waals surface area contributed by atoms with E-state index in [-0.39, 0.29) is 5.92 Å². The van der Waals surface area contributed by atoms with Gasteiger partial charge in [0.1, 0.15) is 6.10 Å². The van der Waals surface area contributed by atoms with Gasteiger partial charge in [-0.1, -0.05) is 13.8 Å². The monoisotopic (exact) mass is 222 g/mol. The molecule has 0 heterocycles. The maximum Gasteiger partial charge on any atom is 0.106 e. The van der Waals surface area contributed by atoms with Crippen molar-refractivity contribution >= 4 is 0 Å². The van der Waals surface area contributed by atoms with Crippen LogP contribution in [0.25, 0.3) is 0 Å². The first-order valence-corrected chi connectivity index (χ1v) is 5.16. The third-order valence-corrected chi connectivity index (χ3v) is 2.64. The number of aliphatic hydroxyl groups is 5. The second-order valence-corrected chi connectivity index (χ2v) is 4.29. The molecule has 0 aliphatic carbocycles. The molecule has 0 spiro atoms. The van der Waals surface area contributed by atoms with Crippen molar-refractivity contribution in [3.05, 3.63) is 0 Å². The highest BCUT2D eigenvalue weighted by Crippen LogP contribution is 2.23. The van der Waals surface area contributed by atoms with Crippen LogP contribution in [-0.2, 0) is 0 Å². The maximum atomic E-state index is 9.74. The number of aliphatic hydroxyl groups excluding tert-OH is 5. The predicted molar refractivity (Wildman–Crippen MR) is 55.1 cm³/mol. The quantitative estimate of drug-likeness (QED) is 0.385. The summed E-state index contributed by atoms with van der Waals surface area (Å²) in [4.78, 5) is 0. The Balaban J connectivity index is 4.62. The van der Waals surface area contributed by atoms with Crippen molar-refractivity contribution in [2.45, 2.75) is 45.2 Å². The Bertz CT molecular complexity index is 171. The van der Waals surface area contributed by atoms with Crippen molar-refractivity contribution in [1.82, 2.24) is 0 Å². The van der Waals surface area contributed by atoms with E-state index in [0.29, 0.717) is 0 Å². The summed E-state index contributed by atoms with van der Waals surface area (Å²) in [5.41, 5.74) is 0. The second kappa shape index (κ2) is 6.40. The molecule has 0 bridgehead atoms. The Morgan fingerprint density at radius 3 is 1.60 bits per heavy atom. The third-order valence-electron chi connectivity index (χ3n) is 2.64. The molecular formula is C10H22O5. The lowest BCUT2D eigenvalue weighted by Gasteiger charge is -2.33. The average Bonchev–Trinajstić information content (AvgIpc) is 2.15. The van der Waals surface area contributed by atoms with Crippen molar-refractivity contribution in [3.63, 3.8) is 0 Å². The fraction of sp³-hybridized carbons (Fsp3) is 1.00. The van der Waals surface area contributed by atoms with Crippen LogP contribution in [0.4, 0.5) is 0 Å². The van der Waals surface area contributed by atoms with Crippen LogP contribution in [-0.4, -0.2) is 56.6 Å². The number of hydrogen-bond donors (Lipinski definition) is 5. The summed E-state index contributed by atoms with van der Waals surface area (Å²) in [6.07, 6.45) is -4.76. The summed E-state index contributed by atoms with van der Waals surface area (Å²) in [6.45, 7) is 4.41. The molecule has 0 aliphatic rings. The molecule has 0 aromatic rings. The molecule has 0 amide bonds. The lowest BCUT2D eigenvalue weighted by Crippen LogP contribution is -2.47. The first kappa shape index (κ1) is 14.8. The zero-order valence-corrected chi connectivity index (χ0v) is 9.41. The number of rotatable bonds is 6.